The van der Waals surface area contributed by atoms with Crippen molar-refractivity contribution in [2.75, 3.05) is 32.7 Å². The van der Waals surface area contributed by atoms with Crippen molar-refractivity contribution >= 4 is 11.5 Å². The Balaban J connectivity index is 1.41. The number of aromatic nitrogens is 1. The van der Waals surface area contributed by atoms with Gasteiger partial charge >= 0.3 is 0 Å². The fourth-order valence-electron chi connectivity index (χ4n) is 4.94. The quantitative estimate of drug-likeness (QED) is 0.711. The average molecular weight is 404 g/mol. The SMILES string of the molecule is C/C=C(/c1ccc(CCN2CCCC2)cc1)C1CN(C(=O)c2ccccn2)CC1C. The zero-order valence-electron chi connectivity index (χ0n) is 18.3. The summed E-state index contributed by atoms with van der Waals surface area (Å²) in [6, 6.07) is 14.6. The minimum Gasteiger partial charge on any atom is -0.336 e. The number of nitrogens with zero attached hydrogens (tertiary/aromatic N) is 3. The molecule has 0 N–H and O–H groups in total. The van der Waals surface area contributed by atoms with Gasteiger partial charge in [-0.2, -0.15) is 0 Å². The van der Waals surface area contributed by atoms with Crippen molar-refractivity contribution in [3.05, 3.63) is 71.6 Å². The van der Waals surface area contributed by atoms with E-state index < -0.39 is 0 Å². The third kappa shape index (κ3) is 4.65. The van der Waals surface area contributed by atoms with Gasteiger partial charge < -0.3 is 9.80 Å². The number of amides is 1. The number of pyridine rings is 1. The number of rotatable bonds is 6. The molecule has 2 aliphatic heterocycles. The van der Waals surface area contributed by atoms with E-state index in [-0.39, 0.29) is 5.91 Å². The molecule has 2 aliphatic rings. The van der Waals surface area contributed by atoms with Crippen LogP contribution in [-0.2, 0) is 6.42 Å². The molecule has 30 heavy (non-hydrogen) atoms. The van der Waals surface area contributed by atoms with Gasteiger partial charge in [0.1, 0.15) is 5.69 Å². The van der Waals surface area contributed by atoms with Crippen molar-refractivity contribution in [3.8, 4) is 0 Å². The van der Waals surface area contributed by atoms with Crippen LogP contribution in [0.5, 0.6) is 0 Å². The Morgan fingerprint density at radius 1 is 1.10 bits per heavy atom. The second-order valence-electron chi connectivity index (χ2n) is 8.75. The van der Waals surface area contributed by atoms with Crippen LogP contribution in [0.25, 0.3) is 5.57 Å². The van der Waals surface area contributed by atoms with Gasteiger partial charge in [0.15, 0.2) is 0 Å². The Morgan fingerprint density at radius 3 is 2.53 bits per heavy atom. The Labute approximate surface area is 180 Å². The number of benzene rings is 1. The van der Waals surface area contributed by atoms with Gasteiger partial charge in [0.05, 0.1) is 0 Å². The molecule has 1 aromatic carbocycles. The topological polar surface area (TPSA) is 36.4 Å². The first-order chi connectivity index (χ1) is 14.7. The molecule has 2 unspecified atom stereocenters. The summed E-state index contributed by atoms with van der Waals surface area (Å²) in [6.45, 7) is 9.59. The molecule has 2 atom stereocenters. The van der Waals surface area contributed by atoms with Crippen molar-refractivity contribution < 1.29 is 4.79 Å². The van der Waals surface area contributed by atoms with Gasteiger partial charge in [-0.05, 0) is 74.0 Å². The van der Waals surface area contributed by atoms with Crippen molar-refractivity contribution in [1.82, 2.24) is 14.8 Å². The predicted octanol–water partition coefficient (Wildman–Crippen LogP) is 4.53. The van der Waals surface area contributed by atoms with Gasteiger partial charge in [-0.3, -0.25) is 9.78 Å². The second-order valence-corrected chi connectivity index (χ2v) is 8.75. The van der Waals surface area contributed by atoms with E-state index in [1.54, 1.807) is 12.3 Å². The van der Waals surface area contributed by atoms with Crippen LogP contribution in [0.2, 0.25) is 0 Å². The van der Waals surface area contributed by atoms with E-state index in [0.717, 1.165) is 19.5 Å². The van der Waals surface area contributed by atoms with E-state index >= 15 is 0 Å². The van der Waals surface area contributed by atoms with Crippen molar-refractivity contribution in [3.63, 3.8) is 0 Å². The van der Waals surface area contributed by atoms with Gasteiger partial charge in [-0.25, -0.2) is 0 Å². The van der Waals surface area contributed by atoms with Crippen LogP contribution in [0.1, 0.15) is 48.3 Å². The maximum absolute atomic E-state index is 12.9. The van der Waals surface area contributed by atoms with Crippen LogP contribution >= 0.6 is 0 Å². The molecule has 4 nitrogen and oxygen atoms in total. The Bertz CT molecular complexity index is 869. The summed E-state index contributed by atoms with van der Waals surface area (Å²) in [7, 11) is 0. The van der Waals surface area contributed by atoms with Gasteiger partial charge in [0.2, 0.25) is 0 Å². The van der Waals surface area contributed by atoms with E-state index in [1.165, 1.54) is 49.2 Å². The third-order valence-corrected chi connectivity index (χ3v) is 6.70. The average Bonchev–Trinajstić information content (AvgIpc) is 3.44. The van der Waals surface area contributed by atoms with Crippen LogP contribution in [0.3, 0.4) is 0 Å². The molecule has 0 bridgehead atoms. The predicted molar refractivity (Wildman–Crippen MR) is 122 cm³/mol. The summed E-state index contributed by atoms with van der Waals surface area (Å²) in [5.74, 6) is 0.828. The number of hydrogen-bond acceptors (Lipinski definition) is 3. The van der Waals surface area contributed by atoms with E-state index in [2.05, 4.69) is 54.1 Å². The van der Waals surface area contributed by atoms with Gasteiger partial charge in [0, 0.05) is 31.7 Å². The van der Waals surface area contributed by atoms with Gasteiger partial charge in [0.25, 0.3) is 5.91 Å². The highest BCUT2D eigenvalue weighted by atomic mass is 16.2. The van der Waals surface area contributed by atoms with E-state index in [4.69, 9.17) is 0 Å². The molecule has 1 amide bonds. The molecular formula is C26H33N3O. The lowest BCUT2D eigenvalue weighted by Crippen LogP contribution is -2.29. The molecule has 0 saturated carbocycles. The highest BCUT2D eigenvalue weighted by Crippen LogP contribution is 2.35. The van der Waals surface area contributed by atoms with Gasteiger partial charge in [-0.1, -0.05) is 43.3 Å². The second kappa shape index (κ2) is 9.57. The Kier molecular flexibility index (Phi) is 6.63. The number of carbonyl (C=O) groups is 1. The van der Waals surface area contributed by atoms with Crippen LogP contribution in [0.4, 0.5) is 0 Å². The lowest BCUT2D eigenvalue weighted by atomic mass is 9.85. The molecule has 4 rings (SSSR count). The Hall–Kier alpha value is -2.46. The number of likely N-dealkylation sites (tertiary alicyclic amines) is 2. The maximum atomic E-state index is 12.9. The van der Waals surface area contributed by atoms with E-state index in [1.807, 2.05) is 17.0 Å². The number of carbonyl (C=O) groups excluding carboxylic acids is 1. The van der Waals surface area contributed by atoms with Crippen LogP contribution in [0, 0.1) is 11.8 Å². The Morgan fingerprint density at radius 2 is 1.87 bits per heavy atom. The summed E-state index contributed by atoms with van der Waals surface area (Å²) in [5, 5.41) is 0. The lowest BCUT2D eigenvalue weighted by Gasteiger charge is -2.20. The number of hydrogen-bond donors (Lipinski definition) is 0. The standard InChI is InChI=1S/C26H33N3O/c1-3-23(22-11-9-21(10-12-22)13-17-28-15-6-7-16-28)24-19-29(18-20(24)2)26(30)25-8-4-5-14-27-25/h3-5,8-12,14,20,24H,6-7,13,15-19H2,1-2H3/b23-3-. The largest absolute Gasteiger partial charge is 0.336 e. The number of allylic oxidation sites excluding steroid dienone is 1. The molecule has 2 saturated heterocycles. The molecule has 2 fully saturated rings. The molecule has 4 heteroatoms. The van der Waals surface area contributed by atoms with Crippen molar-refractivity contribution in [2.24, 2.45) is 11.8 Å². The first kappa shape index (κ1) is 20.8. The molecule has 1 aromatic heterocycles. The first-order valence-electron chi connectivity index (χ1n) is 11.3. The third-order valence-electron chi connectivity index (χ3n) is 6.70. The summed E-state index contributed by atoms with van der Waals surface area (Å²) >= 11 is 0. The molecule has 2 aromatic rings. The van der Waals surface area contributed by atoms with Crippen LogP contribution in [0.15, 0.2) is 54.7 Å². The summed E-state index contributed by atoms with van der Waals surface area (Å²) in [6.07, 6.45) is 7.74. The fourth-order valence-corrected chi connectivity index (χ4v) is 4.94. The minimum atomic E-state index is 0.0395. The van der Waals surface area contributed by atoms with Crippen molar-refractivity contribution in [2.45, 2.75) is 33.1 Å². The lowest BCUT2D eigenvalue weighted by molar-refractivity contribution is 0.0780. The highest BCUT2D eigenvalue weighted by Gasteiger charge is 2.35. The minimum absolute atomic E-state index is 0.0395. The summed E-state index contributed by atoms with van der Waals surface area (Å²) in [5.41, 5.74) is 4.58. The van der Waals surface area contributed by atoms with Crippen LogP contribution < -0.4 is 0 Å². The molecular weight excluding hydrogens is 370 g/mol. The fraction of sp³-hybridized carbons (Fsp3) is 0.462. The first-order valence-corrected chi connectivity index (χ1v) is 11.3. The molecule has 0 radical (unpaired) electrons. The smallest absolute Gasteiger partial charge is 0.272 e. The normalized spacial score (nSPS) is 22.6. The zero-order valence-corrected chi connectivity index (χ0v) is 18.3. The summed E-state index contributed by atoms with van der Waals surface area (Å²) < 4.78 is 0. The highest BCUT2D eigenvalue weighted by molar-refractivity contribution is 5.92. The van der Waals surface area contributed by atoms with E-state index in [0.29, 0.717) is 17.5 Å². The zero-order chi connectivity index (χ0) is 20.9. The summed E-state index contributed by atoms with van der Waals surface area (Å²) in [4.78, 5) is 21.6. The molecule has 158 valence electrons. The molecule has 0 aliphatic carbocycles. The molecule has 3 heterocycles. The molecule has 0 spiro atoms. The van der Waals surface area contributed by atoms with Gasteiger partial charge in [-0.15, -0.1) is 0 Å². The maximum Gasteiger partial charge on any atom is 0.272 e. The van der Waals surface area contributed by atoms with Crippen LogP contribution in [-0.4, -0.2) is 53.4 Å². The van der Waals surface area contributed by atoms with E-state index in [9.17, 15) is 4.79 Å². The van der Waals surface area contributed by atoms with Crippen molar-refractivity contribution in [1.29, 1.82) is 0 Å². The monoisotopic (exact) mass is 403 g/mol.